The van der Waals surface area contributed by atoms with Crippen LogP contribution in [0.3, 0.4) is 0 Å². The van der Waals surface area contributed by atoms with Gasteiger partial charge in [-0.05, 0) is 13.8 Å². The zero-order valence-corrected chi connectivity index (χ0v) is 16.1. The zero-order valence-electron chi connectivity index (χ0n) is 15.3. The van der Waals surface area contributed by atoms with Crippen LogP contribution in [-0.2, 0) is 17.3 Å². The van der Waals surface area contributed by atoms with E-state index < -0.39 is 11.9 Å². The number of thiazole rings is 1. The summed E-state index contributed by atoms with van der Waals surface area (Å²) >= 11 is 1.02. The molecular weight excluding hydrogens is 367 g/mol. The highest BCUT2D eigenvalue weighted by Crippen LogP contribution is 2.30. The maximum atomic E-state index is 12.6. The number of morpholine rings is 1. The summed E-state index contributed by atoms with van der Waals surface area (Å²) in [6, 6.07) is 0. The van der Waals surface area contributed by atoms with Crippen molar-refractivity contribution in [2.45, 2.75) is 32.0 Å². The lowest BCUT2D eigenvalue weighted by atomic mass is 10.0. The van der Waals surface area contributed by atoms with Crippen molar-refractivity contribution in [2.75, 3.05) is 46.4 Å². The average Bonchev–Trinajstić information content (AvgIpc) is 3.08. The monoisotopic (exact) mass is 393 g/mol. The Morgan fingerprint density at radius 2 is 2.00 bits per heavy atom. The fraction of sp³-hybridized carbons (Fsp3) is 0.750. The van der Waals surface area contributed by atoms with Crippen LogP contribution in [0.4, 0.5) is 13.2 Å². The molecule has 1 aromatic heterocycles. The van der Waals surface area contributed by atoms with E-state index in [1.54, 1.807) is 7.05 Å². The quantitative estimate of drug-likeness (QED) is 0.572. The molecule has 26 heavy (non-hydrogen) atoms. The second-order valence-electron chi connectivity index (χ2n) is 6.64. The second-order valence-corrected chi connectivity index (χ2v) is 7.58. The van der Waals surface area contributed by atoms with Crippen molar-refractivity contribution in [1.29, 1.82) is 0 Å². The molecule has 10 heteroatoms. The molecule has 148 valence electrons. The Kier molecular flexibility index (Phi) is 7.24. The lowest BCUT2D eigenvalue weighted by Crippen LogP contribution is -2.56. The smallest absolute Gasteiger partial charge is 0.379 e. The summed E-state index contributed by atoms with van der Waals surface area (Å²) in [5, 5.41) is 7.91. The van der Waals surface area contributed by atoms with Crippen molar-refractivity contribution in [3.05, 3.63) is 16.1 Å². The molecule has 0 spiro atoms. The van der Waals surface area contributed by atoms with Gasteiger partial charge in [0.05, 0.1) is 18.2 Å². The van der Waals surface area contributed by atoms with E-state index >= 15 is 0 Å². The minimum absolute atomic E-state index is 0.0572. The number of aliphatic imine (C=N–C) groups is 1. The average molecular weight is 393 g/mol. The van der Waals surface area contributed by atoms with Crippen molar-refractivity contribution in [1.82, 2.24) is 20.5 Å². The van der Waals surface area contributed by atoms with Crippen LogP contribution >= 0.6 is 11.3 Å². The van der Waals surface area contributed by atoms with Gasteiger partial charge in [0, 0.05) is 50.6 Å². The topological polar surface area (TPSA) is 61.8 Å². The number of rotatable bonds is 6. The Labute approximate surface area is 155 Å². The number of nitrogens with one attached hydrogen (secondary N) is 2. The molecule has 0 saturated carbocycles. The van der Waals surface area contributed by atoms with E-state index in [1.807, 2.05) is 0 Å². The molecule has 1 aliphatic heterocycles. The van der Waals surface area contributed by atoms with Crippen LogP contribution in [0.1, 0.15) is 24.5 Å². The van der Waals surface area contributed by atoms with Crippen molar-refractivity contribution in [2.24, 2.45) is 4.99 Å². The molecule has 2 N–H and O–H groups in total. The molecule has 1 saturated heterocycles. The maximum absolute atomic E-state index is 12.6. The fourth-order valence-electron chi connectivity index (χ4n) is 2.64. The molecule has 0 unspecified atom stereocenters. The van der Waals surface area contributed by atoms with Crippen LogP contribution in [0.5, 0.6) is 0 Å². The van der Waals surface area contributed by atoms with Crippen LogP contribution in [-0.4, -0.2) is 67.8 Å². The summed E-state index contributed by atoms with van der Waals surface area (Å²) in [6.07, 6.45) is -3.97. The Hall–Kier alpha value is -1.39. The highest BCUT2D eigenvalue weighted by molar-refractivity contribution is 7.09. The van der Waals surface area contributed by atoms with E-state index in [9.17, 15) is 13.2 Å². The third-order valence-corrected chi connectivity index (χ3v) is 5.16. The van der Waals surface area contributed by atoms with Gasteiger partial charge in [0.15, 0.2) is 11.7 Å². The molecule has 0 aliphatic carbocycles. The molecule has 0 aromatic carbocycles. The second kappa shape index (κ2) is 9.01. The summed E-state index contributed by atoms with van der Waals surface area (Å²) in [4.78, 5) is 10.2. The van der Waals surface area contributed by atoms with E-state index in [0.29, 0.717) is 30.5 Å². The molecule has 0 radical (unpaired) electrons. The molecule has 2 rings (SSSR count). The number of halogens is 3. The molecule has 0 bridgehead atoms. The van der Waals surface area contributed by atoms with E-state index in [1.165, 1.54) is 0 Å². The normalized spacial score (nSPS) is 17.4. The molecule has 0 amide bonds. The Balaban J connectivity index is 1.76. The maximum Gasteiger partial charge on any atom is 0.434 e. The third kappa shape index (κ3) is 6.10. The SMILES string of the molecule is CN=C(NCCc1nc(C(F)(F)F)cs1)NCC(C)(C)N1CCOCC1. The molecule has 6 nitrogen and oxygen atoms in total. The lowest BCUT2D eigenvalue weighted by molar-refractivity contribution is -0.140. The van der Waals surface area contributed by atoms with Gasteiger partial charge in [-0.2, -0.15) is 13.2 Å². The molecule has 1 fully saturated rings. The van der Waals surface area contributed by atoms with Crippen LogP contribution in [0.2, 0.25) is 0 Å². The molecule has 0 atom stereocenters. The van der Waals surface area contributed by atoms with Crippen molar-refractivity contribution in [3.8, 4) is 0 Å². The van der Waals surface area contributed by atoms with E-state index in [2.05, 4.69) is 39.4 Å². The zero-order chi connectivity index (χ0) is 19.2. The van der Waals surface area contributed by atoms with Gasteiger partial charge in [-0.25, -0.2) is 4.98 Å². The predicted octanol–water partition coefficient (Wildman–Crippen LogP) is 1.98. The number of hydrogen-bond donors (Lipinski definition) is 2. The van der Waals surface area contributed by atoms with Crippen LogP contribution < -0.4 is 10.6 Å². The lowest BCUT2D eigenvalue weighted by Gasteiger charge is -2.41. The molecular formula is C16H26F3N5OS. The van der Waals surface area contributed by atoms with Gasteiger partial charge in [0.1, 0.15) is 0 Å². The summed E-state index contributed by atoms with van der Waals surface area (Å²) in [6.45, 7) is 8.75. The van der Waals surface area contributed by atoms with Crippen LogP contribution in [0, 0.1) is 0 Å². The number of guanidine groups is 1. The van der Waals surface area contributed by atoms with Gasteiger partial charge in [0.25, 0.3) is 0 Å². The van der Waals surface area contributed by atoms with E-state index in [0.717, 1.165) is 43.0 Å². The predicted molar refractivity (Wildman–Crippen MR) is 96.7 cm³/mol. The fourth-order valence-corrected chi connectivity index (χ4v) is 3.45. The highest BCUT2D eigenvalue weighted by atomic mass is 32.1. The summed E-state index contributed by atoms with van der Waals surface area (Å²) in [5.74, 6) is 0.624. The van der Waals surface area contributed by atoms with Crippen molar-refractivity contribution >= 4 is 17.3 Å². The third-order valence-electron chi connectivity index (χ3n) is 4.25. The summed E-state index contributed by atoms with van der Waals surface area (Å²) in [7, 11) is 1.67. The number of nitrogens with zero attached hydrogens (tertiary/aromatic N) is 3. The van der Waals surface area contributed by atoms with Gasteiger partial charge in [0.2, 0.25) is 0 Å². The van der Waals surface area contributed by atoms with Gasteiger partial charge >= 0.3 is 6.18 Å². The van der Waals surface area contributed by atoms with E-state index in [-0.39, 0.29) is 5.54 Å². The molecule has 1 aliphatic rings. The highest BCUT2D eigenvalue weighted by Gasteiger charge is 2.33. The number of hydrogen-bond acceptors (Lipinski definition) is 5. The first-order chi connectivity index (χ1) is 12.2. The first-order valence-electron chi connectivity index (χ1n) is 8.51. The minimum Gasteiger partial charge on any atom is -0.379 e. The van der Waals surface area contributed by atoms with Gasteiger partial charge in [-0.1, -0.05) is 0 Å². The minimum atomic E-state index is -4.38. The Morgan fingerprint density at radius 3 is 2.58 bits per heavy atom. The van der Waals surface area contributed by atoms with E-state index in [4.69, 9.17) is 4.74 Å². The Morgan fingerprint density at radius 1 is 1.31 bits per heavy atom. The van der Waals surface area contributed by atoms with Gasteiger partial charge < -0.3 is 15.4 Å². The van der Waals surface area contributed by atoms with Crippen LogP contribution in [0.15, 0.2) is 10.4 Å². The standard InChI is InChI=1S/C16H26F3N5OS/c1-15(2,24-6-8-25-9-7-24)11-22-14(20-3)21-5-4-13-23-12(10-26-13)16(17,18)19/h10H,4-9,11H2,1-3H3,(H2,20,21,22). The first kappa shape index (κ1) is 20.9. The number of aromatic nitrogens is 1. The number of ether oxygens (including phenoxy) is 1. The van der Waals surface area contributed by atoms with Gasteiger partial charge in [-0.15, -0.1) is 11.3 Å². The van der Waals surface area contributed by atoms with Crippen LogP contribution in [0.25, 0.3) is 0 Å². The van der Waals surface area contributed by atoms with Crippen molar-refractivity contribution in [3.63, 3.8) is 0 Å². The summed E-state index contributed by atoms with van der Waals surface area (Å²) in [5.41, 5.74) is -0.884. The number of alkyl halides is 3. The Bertz CT molecular complexity index is 597. The largest absolute Gasteiger partial charge is 0.434 e. The van der Waals surface area contributed by atoms with Crippen molar-refractivity contribution < 1.29 is 17.9 Å². The van der Waals surface area contributed by atoms with Gasteiger partial charge in [-0.3, -0.25) is 9.89 Å². The first-order valence-corrected chi connectivity index (χ1v) is 9.39. The molecule has 1 aromatic rings. The molecule has 2 heterocycles. The summed E-state index contributed by atoms with van der Waals surface area (Å²) < 4.78 is 43.1.